The number of halogens is 1. The molecule has 0 aliphatic carbocycles. The maximum atomic E-state index is 13.3. The van der Waals surface area contributed by atoms with Gasteiger partial charge in [-0.3, -0.25) is 4.79 Å². The first kappa shape index (κ1) is 15.7. The van der Waals surface area contributed by atoms with Crippen LogP contribution >= 0.6 is 0 Å². The number of nitrogen functional groups attached to an aromatic ring is 1. The predicted octanol–water partition coefficient (Wildman–Crippen LogP) is 0.838. The number of hydrogen-bond acceptors (Lipinski definition) is 5. The second-order valence-electron chi connectivity index (χ2n) is 5.15. The number of anilines is 1. The summed E-state index contributed by atoms with van der Waals surface area (Å²) in [6.45, 7) is 1.97. The molecule has 2 unspecified atom stereocenters. The normalized spacial score (nSPS) is 23.2. The highest BCUT2D eigenvalue weighted by Crippen LogP contribution is 2.30. The third-order valence-corrected chi connectivity index (χ3v) is 5.42. The van der Waals surface area contributed by atoms with Crippen molar-refractivity contribution in [1.29, 1.82) is 0 Å². The fraction of sp³-hybridized carbons (Fsp3) is 0.462. The third-order valence-electron chi connectivity index (χ3n) is 3.61. The van der Waals surface area contributed by atoms with Gasteiger partial charge in [-0.15, -0.1) is 0 Å². The number of methoxy groups -OCH3 is 1. The van der Waals surface area contributed by atoms with Crippen molar-refractivity contribution in [3.05, 3.63) is 24.0 Å². The number of nitrogens with zero attached hydrogens (tertiary/aromatic N) is 1. The number of hydrogen-bond donors (Lipinski definition) is 1. The molecule has 0 aromatic heterocycles. The summed E-state index contributed by atoms with van der Waals surface area (Å²) in [7, 11) is -2.62. The van der Waals surface area contributed by atoms with E-state index in [2.05, 4.69) is 4.74 Å². The van der Waals surface area contributed by atoms with Crippen LogP contribution in [0.3, 0.4) is 0 Å². The smallest absolute Gasteiger partial charge is 0.310 e. The van der Waals surface area contributed by atoms with Crippen LogP contribution in [-0.4, -0.2) is 38.9 Å². The lowest BCUT2D eigenvalue weighted by molar-refractivity contribution is -0.145. The second kappa shape index (κ2) is 5.61. The number of ether oxygens (including phenoxy) is 1. The molecule has 1 fully saturated rings. The molecule has 116 valence electrons. The van der Waals surface area contributed by atoms with E-state index in [4.69, 9.17) is 5.73 Å². The molecule has 6 nitrogen and oxygen atoms in total. The van der Waals surface area contributed by atoms with Gasteiger partial charge in [0.2, 0.25) is 10.0 Å². The lowest BCUT2D eigenvalue weighted by atomic mass is 9.99. The van der Waals surface area contributed by atoms with Crippen molar-refractivity contribution in [1.82, 2.24) is 4.31 Å². The van der Waals surface area contributed by atoms with Gasteiger partial charge in [-0.2, -0.15) is 4.31 Å². The fourth-order valence-corrected chi connectivity index (χ4v) is 4.09. The molecule has 1 aliphatic heterocycles. The van der Waals surface area contributed by atoms with Crippen LogP contribution < -0.4 is 5.73 Å². The Bertz CT molecular complexity index is 642. The molecule has 0 saturated carbocycles. The standard InChI is InChI=1S/C13H17FN2O4S/c1-8-6-16(7-12(8)13(17)20-2)21(18,19)11-4-9(14)3-10(15)5-11/h3-5,8,12H,6-7,15H2,1-2H3. The lowest BCUT2D eigenvalue weighted by Gasteiger charge is -2.16. The number of carbonyl (C=O) groups is 1. The average Bonchev–Trinajstić information content (AvgIpc) is 2.79. The summed E-state index contributed by atoms with van der Waals surface area (Å²) >= 11 is 0. The van der Waals surface area contributed by atoms with Gasteiger partial charge in [0.1, 0.15) is 5.82 Å². The molecule has 8 heteroatoms. The molecule has 1 saturated heterocycles. The summed E-state index contributed by atoms with van der Waals surface area (Å²) in [5.74, 6) is -1.85. The minimum atomic E-state index is -3.89. The second-order valence-corrected chi connectivity index (χ2v) is 7.09. The SMILES string of the molecule is COC(=O)C1CN(S(=O)(=O)c2cc(N)cc(F)c2)CC1C. The number of benzene rings is 1. The summed E-state index contributed by atoms with van der Waals surface area (Å²) in [6, 6.07) is 3.17. The Balaban J connectivity index is 2.31. The minimum absolute atomic E-state index is 0.0204. The zero-order valence-electron chi connectivity index (χ0n) is 11.7. The van der Waals surface area contributed by atoms with Gasteiger partial charge >= 0.3 is 5.97 Å². The van der Waals surface area contributed by atoms with Gasteiger partial charge in [0.25, 0.3) is 0 Å². The first-order chi connectivity index (χ1) is 9.75. The molecule has 2 atom stereocenters. The van der Waals surface area contributed by atoms with E-state index in [1.165, 1.54) is 13.2 Å². The highest BCUT2D eigenvalue weighted by molar-refractivity contribution is 7.89. The highest BCUT2D eigenvalue weighted by atomic mass is 32.2. The Morgan fingerprint density at radius 2 is 2.05 bits per heavy atom. The fourth-order valence-electron chi connectivity index (χ4n) is 2.46. The van der Waals surface area contributed by atoms with Crippen molar-refractivity contribution in [3.63, 3.8) is 0 Å². The van der Waals surface area contributed by atoms with Gasteiger partial charge in [-0.1, -0.05) is 6.92 Å². The van der Waals surface area contributed by atoms with E-state index in [9.17, 15) is 17.6 Å². The first-order valence-electron chi connectivity index (χ1n) is 6.39. The Morgan fingerprint density at radius 3 is 2.62 bits per heavy atom. The first-order valence-corrected chi connectivity index (χ1v) is 7.83. The molecule has 1 aromatic carbocycles. The average molecular weight is 316 g/mol. The number of rotatable bonds is 3. The van der Waals surface area contributed by atoms with Crippen LogP contribution in [0, 0.1) is 17.7 Å². The van der Waals surface area contributed by atoms with Crippen molar-refractivity contribution in [2.45, 2.75) is 11.8 Å². The van der Waals surface area contributed by atoms with E-state index >= 15 is 0 Å². The monoisotopic (exact) mass is 316 g/mol. The molecule has 21 heavy (non-hydrogen) atoms. The van der Waals surface area contributed by atoms with E-state index in [-0.39, 0.29) is 29.6 Å². The van der Waals surface area contributed by atoms with Crippen LogP contribution in [0.4, 0.5) is 10.1 Å². The molecule has 0 amide bonds. The zero-order chi connectivity index (χ0) is 15.8. The van der Waals surface area contributed by atoms with Crippen LogP contribution in [-0.2, 0) is 19.6 Å². The molecular formula is C13H17FN2O4S. The van der Waals surface area contributed by atoms with Gasteiger partial charge in [0.05, 0.1) is 17.9 Å². The van der Waals surface area contributed by atoms with Crippen LogP contribution in [0.1, 0.15) is 6.92 Å². The number of sulfonamides is 1. The van der Waals surface area contributed by atoms with Crippen molar-refractivity contribution in [3.8, 4) is 0 Å². The Hall–Kier alpha value is -1.67. The number of carbonyl (C=O) groups excluding carboxylic acids is 1. The van der Waals surface area contributed by atoms with E-state index in [0.29, 0.717) is 0 Å². The Labute approximate surface area is 122 Å². The van der Waals surface area contributed by atoms with Gasteiger partial charge in [-0.25, -0.2) is 12.8 Å². The van der Waals surface area contributed by atoms with Gasteiger partial charge in [0, 0.05) is 18.8 Å². The molecular weight excluding hydrogens is 299 g/mol. The molecule has 0 bridgehead atoms. The predicted molar refractivity (Wildman–Crippen MR) is 74.2 cm³/mol. The van der Waals surface area contributed by atoms with Crippen molar-refractivity contribution in [2.75, 3.05) is 25.9 Å². The quantitative estimate of drug-likeness (QED) is 0.659. The number of nitrogens with two attached hydrogens (primary N) is 1. The Morgan fingerprint density at radius 1 is 1.38 bits per heavy atom. The van der Waals surface area contributed by atoms with Crippen LogP contribution in [0.25, 0.3) is 0 Å². The molecule has 2 rings (SSSR count). The van der Waals surface area contributed by atoms with Gasteiger partial charge in [-0.05, 0) is 24.1 Å². The van der Waals surface area contributed by atoms with Crippen LogP contribution in [0.5, 0.6) is 0 Å². The zero-order valence-corrected chi connectivity index (χ0v) is 12.6. The highest BCUT2D eigenvalue weighted by Gasteiger charge is 2.41. The molecule has 1 heterocycles. The maximum absolute atomic E-state index is 13.3. The Kier molecular flexibility index (Phi) is 4.20. The number of esters is 1. The van der Waals surface area contributed by atoms with Crippen molar-refractivity contribution >= 4 is 21.7 Å². The topological polar surface area (TPSA) is 89.7 Å². The molecule has 2 N–H and O–H groups in total. The molecule has 0 radical (unpaired) electrons. The van der Waals surface area contributed by atoms with Crippen molar-refractivity contribution in [2.24, 2.45) is 11.8 Å². The summed E-state index contributed by atoms with van der Waals surface area (Å²) in [5, 5.41) is 0. The molecule has 1 aromatic rings. The van der Waals surface area contributed by atoms with E-state index in [1.54, 1.807) is 6.92 Å². The van der Waals surface area contributed by atoms with Gasteiger partial charge < -0.3 is 10.5 Å². The van der Waals surface area contributed by atoms with Gasteiger partial charge in [0.15, 0.2) is 0 Å². The van der Waals surface area contributed by atoms with E-state index in [1.807, 2.05) is 0 Å². The summed E-state index contributed by atoms with van der Waals surface area (Å²) in [4.78, 5) is 11.4. The summed E-state index contributed by atoms with van der Waals surface area (Å²) in [6.07, 6.45) is 0. The minimum Gasteiger partial charge on any atom is -0.469 e. The summed E-state index contributed by atoms with van der Waals surface area (Å²) in [5.41, 5.74) is 5.51. The lowest BCUT2D eigenvalue weighted by Crippen LogP contribution is -2.30. The van der Waals surface area contributed by atoms with Crippen molar-refractivity contribution < 1.29 is 22.3 Å². The molecule has 0 spiro atoms. The third kappa shape index (κ3) is 3.01. The maximum Gasteiger partial charge on any atom is 0.310 e. The largest absolute Gasteiger partial charge is 0.469 e. The molecule has 1 aliphatic rings. The summed E-state index contributed by atoms with van der Waals surface area (Å²) < 4.78 is 44.2. The van der Waals surface area contributed by atoms with E-state index in [0.717, 1.165) is 16.4 Å². The van der Waals surface area contributed by atoms with Crippen LogP contribution in [0.2, 0.25) is 0 Å². The van der Waals surface area contributed by atoms with Crippen LogP contribution in [0.15, 0.2) is 23.1 Å². The van der Waals surface area contributed by atoms with E-state index < -0.39 is 27.7 Å².